The SMILES string of the molecule is C[n+]1cc2ccccc2c2cc(-c3ccc(-c4ccccc4)cc3)ccc21.[Cl-]. The molecule has 28 heavy (non-hydrogen) atoms. The number of fused-ring (bicyclic) bond motifs is 3. The van der Waals surface area contributed by atoms with Crippen molar-refractivity contribution in [3.63, 3.8) is 0 Å². The van der Waals surface area contributed by atoms with E-state index in [4.69, 9.17) is 0 Å². The van der Waals surface area contributed by atoms with Crippen LogP contribution in [0.4, 0.5) is 0 Å². The molecule has 1 nitrogen and oxygen atoms in total. The first-order chi connectivity index (χ1) is 13.3. The van der Waals surface area contributed by atoms with Crippen LogP contribution < -0.4 is 17.0 Å². The van der Waals surface area contributed by atoms with E-state index in [-0.39, 0.29) is 12.4 Å². The van der Waals surface area contributed by atoms with Crippen molar-refractivity contribution in [3.8, 4) is 22.3 Å². The lowest BCUT2D eigenvalue weighted by atomic mass is 9.98. The lowest BCUT2D eigenvalue weighted by Crippen LogP contribution is -3.00. The molecule has 1 aromatic heterocycles. The molecule has 0 spiro atoms. The molecule has 0 saturated heterocycles. The van der Waals surface area contributed by atoms with Gasteiger partial charge in [-0.3, -0.25) is 0 Å². The average molecular weight is 382 g/mol. The summed E-state index contributed by atoms with van der Waals surface area (Å²) >= 11 is 0. The van der Waals surface area contributed by atoms with Gasteiger partial charge >= 0.3 is 0 Å². The van der Waals surface area contributed by atoms with Gasteiger partial charge in [0.1, 0.15) is 7.05 Å². The smallest absolute Gasteiger partial charge is 0.212 e. The monoisotopic (exact) mass is 381 g/mol. The Morgan fingerprint density at radius 2 is 1.11 bits per heavy atom. The number of aryl methyl sites for hydroxylation is 1. The van der Waals surface area contributed by atoms with Crippen molar-refractivity contribution in [2.75, 3.05) is 0 Å². The largest absolute Gasteiger partial charge is 1.00 e. The van der Waals surface area contributed by atoms with Gasteiger partial charge in [-0.25, -0.2) is 4.57 Å². The van der Waals surface area contributed by atoms with E-state index in [9.17, 15) is 0 Å². The van der Waals surface area contributed by atoms with E-state index in [0.717, 1.165) is 0 Å². The topological polar surface area (TPSA) is 3.88 Å². The third-order valence-corrected chi connectivity index (χ3v) is 5.29. The zero-order valence-corrected chi connectivity index (χ0v) is 16.4. The van der Waals surface area contributed by atoms with Gasteiger partial charge in [-0.15, -0.1) is 0 Å². The molecule has 1 heterocycles. The number of hydrogen-bond donors (Lipinski definition) is 0. The molecule has 0 aliphatic carbocycles. The Morgan fingerprint density at radius 3 is 1.86 bits per heavy atom. The summed E-state index contributed by atoms with van der Waals surface area (Å²) < 4.78 is 2.21. The minimum Gasteiger partial charge on any atom is -1.00 e. The fraction of sp³-hybridized carbons (Fsp3) is 0.0385. The van der Waals surface area contributed by atoms with Gasteiger partial charge in [0, 0.05) is 16.8 Å². The second-order valence-corrected chi connectivity index (χ2v) is 7.00. The van der Waals surface area contributed by atoms with Crippen molar-refractivity contribution >= 4 is 21.7 Å². The summed E-state index contributed by atoms with van der Waals surface area (Å²) in [5.41, 5.74) is 6.24. The number of pyridine rings is 1. The molecule has 0 amide bonds. The molecule has 0 bridgehead atoms. The maximum atomic E-state index is 2.31. The molecule has 5 aromatic rings. The Hall–Kier alpha value is -3.16. The van der Waals surface area contributed by atoms with Gasteiger partial charge in [-0.1, -0.05) is 72.8 Å². The molecule has 136 valence electrons. The molecule has 0 unspecified atom stereocenters. The quantitative estimate of drug-likeness (QED) is 0.327. The van der Waals surface area contributed by atoms with Gasteiger partial charge in [-0.05, 0) is 40.5 Å². The van der Waals surface area contributed by atoms with E-state index in [1.807, 2.05) is 0 Å². The highest BCUT2D eigenvalue weighted by atomic mass is 35.5. The number of aromatic nitrogens is 1. The third-order valence-electron chi connectivity index (χ3n) is 5.29. The summed E-state index contributed by atoms with van der Waals surface area (Å²) in [4.78, 5) is 0. The van der Waals surface area contributed by atoms with Gasteiger partial charge in [0.25, 0.3) is 0 Å². The number of benzene rings is 4. The van der Waals surface area contributed by atoms with Crippen molar-refractivity contribution in [2.24, 2.45) is 7.05 Å². The Bertz CT molecular complexity index is 1260. The molecule has 0 radical (unpaired) electrons. The number of halogens is 1. The standard InChI is InChI=1S/C26H20N.ClH/c1-27-18-23-9-5-6-10-24(23)25-17-22(15-16-26(25)27)21-13-11-20(12-14-21)19-7-3-2-4-8-19;/h2-18H,1H3;1H/q+1;/p-1. The fourth-order valence-corrected chi connectivity index (χ4v) is 3.86. The van der Waals surface area contributed by atoms with Gasteiger partial charge in [0.05, 0.1) is 5.39 Å². The minimum atomic E-state index is 0. The van der Waals surface area contributed by atoms with E-state index in [1.165, 1.54) is 43.9 Å². The van der Waals surface area contributed by atoms with Crippen molar-refractivity contribution in [3.05, 3.63) is 103 Å². The highest BCUT2D eigenvalue weighted by Gasteiger charge is 2.11. The Morgan fingerprint density at radius 1 is 0.536 bits per heavy atom. The van der Waals surface area contributed by atoms with Crippen LogP contribution in [0.25, 0.3) is 43.9 Å². The van der Waals surface area contributed by atoms with Gasteiger partial charge in [0.15, 0.2) is 6.20 Å². The first kappa shape index (κ1) is 18.2. The predicted octanol–water partition coefficient (Wildman–Crippen LogP) is 3.16. The number of hydrogen-bond acceptors (Lipinski definition) is 0. The first-order valence-corrected chi connectivity index (χ1v) is 9.27. The molecule has 0 saturated carbocycles. The van der Waals surface area contributed by atoms with Crippen LogP contribution in [0.2, 0.25) is 0 Å². The molecule has 0 aliphatic rings. The predicted molar refractivity (Wildman–Crippen MR) is 114 cm³/mol. The van der Waals surface area contributed by atoms with Crippen molar-refractivity contribution < 1.29 is 17.0 Å². The van der Waals surface area contributed by atoms with Crippen LogP contribution in [-0.4, -0.2) is 0 Å². The third kappa shape index (κ3) is 3.15. The summed E-state index contributed by atoms with van der Waals surface area (Å²) in [6.45, 7) is 0. The van der Waals surface area contributed by atoms with Crippen LogP contribution in [0.5, 0.6) is 0 Å². The molecule has 0 fully saturated rings. The van der Waals surface area contributed by atoms with E-state index >= 15 is 0 Å². The Kier molecular flexibility index (Phi) is 4.85. The van der Waals surface area contributed by atoms with Crippen LogP contribution in [0, 0.1) is 0 Å². The molecular formula is C26H20ClN. The molecule has 0 atom stereocenters. The zero-order chi connectivity index (χ0) is 18.2. The van der Waals surface area contributed by atoms with E-state index in [0.29, 0.717) is 0 Å². The van der Waals surface area contributed by atoms with Crippen LogP contribution in [0.1, 0.15) is 0 Å². The van der Waals surface area contributed by atoms with Crippen LogP contribution >= 0.6 is 0 Å². The lowest BCUT2D eigenvalue weighted by Gasteiger charge is -2.07. The minimum absolute atomic E-state index is 0. The van der Waals surface area contributed by atoms with Crippen molar-refractivity contribution in [2.45, 2.75) is 0 Å². The van der Waals surface area contributed by atoms with Crippen LogP contribution in [-0.2, 0) is 7.05 Å². The van der Waals surface area contributed by atoms with Crippen LogP contribution in [0.3, 0.4) is 0 Å². The molecule has 2 heteroatoms. The Labute approximate surface area is 171 Å². The highest BCUT2D eigenvalue weighted by Crippen LogP contribution is 2.29. The molecule has 0 aliphatic heterocycles. The highest BCUT2D eigenvalue weighted by molar-refractivity contribution is 6.05. The zero-order valence-electron chi connectivity index (χ0n) is 15.6. The Balaban J connectivity index is 0.00000192. The van der Waals surface area contributed by atoms with Gasteiger partial charge in [-0.2, -0.15) is 0 Å². The van der Waals surface area contributed by atoms with Crippen molar-refractivity contribution in [1.29, 1.82) is 0 Å². The van der Waals surface area contributed by atoms with Crippen LogP contribution in [0.15, 0.2) is 103 Å². The summed E-state index contributed by atoms with van der Waals surface area (Å²) in [7, 11) is 2.11. The summed E-state index contributed by atoms with van der Waals surface area (Å²) in [5, 5.41) is 3.86. The normalized spacial score (nSPS) is 10.8. The summed E-state index contributed by atoms with van der Waals surface area (Å²) in [6, 6.07) is 34.7. The molecular weight excluding hydrogens is 362 g/mol. The second kappa shape index (κ2) is 7.46. The van der Waals surface area contributed by atoms with Gasteiger partial charge in [0.2, 0.25) is 5.52 Å². The van der Waals surface area contributed by atoms with E-state index < -0.39 is 0 Å². The number of nitrogens with zero attached hydrogens (tertiary/aromatic N) is 1. The summed E-state index contributed by atoms with van der Waals surface area (Å²) in [6.07, 6.45) is 2.20. The maximum absolute atomic E-state index is 2.31. The fourth-order valence-electron chi connectivity index (χ4n) is 3.86. The van der Waals surface area contributed by atoms with E-state index in [2.05, 4.69) is 115 Å². The van der Waals surface area contributed by atoms with Crippen molar-refractivity contribution in [1.82, 2.24) is 0 Å². The molecule has 5 rings (SSSR count). The summed E-state index contributed by atoms with van der Waals surface area (Å²) in [5.74, 6) is 0. The number of rotatable bonds is 2. The maximum Gasteiger partial charge on any atom is 0.212 e. The lowest BCUT2D eigenvalue weighted by molar-refractivity contribution is -0.643. The second-order valence-electron chi connectivity index (χ2n) is 7.00. The first-order valence-electron chi connectivity index (χ1n) is 9.27. The van der Waals surface area contributed by atoms with Gasteiger partial charge < -0.3 is 12.4 Å². The average Bonchev–Trinajstić information content (AvgIpc) is 2.74. The molecule has 0 N–H and O–H groups in total. The van der Waals surface area contributed by atoms with E-state index in [1.54, 1.807) is 0 Å². The molecule has 4 aromatic carbocycles.